The van der Waals surface area contributed by atoms with Gasteiger partial charge in [0.15, 0.2) is 0 Å². The Kier molecular flexibility index (Phi) is 7.54. The van der Waals surface area contributed by atoms with Gasteiger partial charge in [-0.05, 0) is 12.3 Å². The summed E-state index contributed by atoms with van der Waals surface area (Å²) in [7, 11) is 0. The minimum absolute atomic E-state index is 0.0521. The summed E-state index contributed by atoms with van der Waals surface area (Å²) in [6.07, 6.45) is 0.908. The number of nitrogens with two attached hydrogens (primary N) is 1. The van der Waals surface area contributed by atoms with Gasteiger partial charge in [-0.1, -0.05) is 20.8 Å². The summed E-state index contributed by atoms with van der Waals surface area (Å²) in [6, 6.07) is 0. The van der Waals surface area contributed by atoms with Crippen LogP contribution < -0.4 is 11.1 Å². The molecule has 0 radical (unpaired) electrons. The highest BCUT2D eigenvalue weighted by atomic mass is 16.2. The lowest BCUT2D eigenvalue weighted by atomic mass is 10.2. The van der Waals surface area contributed by atoms with Crippen LogP contribution in [0.25, 0.3) is 0 Å². The SMILES string of the molecule is CCCNC(=O)CN(CC(N)=O)CC(C)C. The molecule has 0 aliphatic heterocycles. The van der Waals surface area contributed by atoms with Gasteiger partial charge in [0.05, 0.1) is 13.1 Å². The van der Waals surface area contributed by atoms with Crippen molar-refractivity contribution in [3.05, 3.63) is 0 Å². The monoisotopic (exact) mass is 229 g/mol. The molecule has 0 rings (SSSR count). The van der Waals surface area contributed by atoms with Crippen LogP contribution in [-0.2, 0) is 9.59 Å². The number of primary amides is 1. The van der Waals surface area contributed by atoms with Gasteiger partial charge in [0.1, 0.15) is 0 Å². The molecule has 94 valence electrons. The fourth-order valence-electron chi connectivity index (χ4n) is 1.45. The lowest BCUT2D eigenvalue weighted by molar-refractivity contribution is -0.124. The fourth-order valence-corrected chi connectivity index (χ4v) is 1.45. The second-order valence-corrected chi connectivity index (χ2v) is 4.38. The van der Waals surface area contributed by atoms with Crippen molar-refractivity contribution in [1.29, 1.82) is 0 Å². The molecule has 0 saturated heterocycles. The molecule has 5 nitrogen and oxygen atoms in total. The van der Waals surface area contributed by atoms with Crippen LogP contribution in [0.1, 0.15) is 27.2 Å². The Labute approximate surface area is 97.4 Å². The highest BCUT2D eigenvalue weighted by Gasteiger charge is 2.13. The Morgan fingerprint density at radius 2 is 1.94 bits per heavy atom. The van der Waals surface area contributed by atoms with Crippen molar-refractivity contribution in [2.45, 2.75) is 27.2 Å². The number of carbonyl (C=O) groups excluding carboxylic acids is 2. The van der Waals surface area contributed by atoms with Gasteiger partial charge in [-0.2, -0.15) is 0 Å². The minimum Gasteiger partial charge on any atom is -0.369 e. The number of carbonyl (C=O) groups is 2. The lowest BCUT2D eigenvalue weighted by Crippen LogP contribution is -2.43. The third-order valence-electron chi connectivity index (χ3n) is 1.94. The zero-order valence-corrected chi connectivity index (χ0v) is 10.5. The molecule has 16 heavy (non-hydrogen) atoms. The smallest absolute Gasteiger partial charge is 0.234 e. The number of hydrogen-bond donors (Lipinski definition) is 2. The summed E-state index contributed by atoms with van der Waals surface area (Å²) < 4.78 is 0. The van der Waals surface area contributed by atoms with E-state index in [-0.39, 0.29) is 19.0 Å². The molecule has 0 aromatic carbocycles. The molecule has 0 bridgehead atoms. The van der Waals surface area contributed by atoms with Crippen molar-refractivity contribution in [3.8, 4) is 0 Å². The summed E-state index contributed by atoms with van der Waals surface area (Å²) in [6.45, 7) is 7.82. The van der Waals surface area contributed by atoms with Crippen molar-refractivity contribution in [1.82, 2.24) is 10.2 Å². The minimum atomic E-state index is -0.399. The molecule has 2 amide bonds. The number of rotatable bonds is 8. The van der Waals surface area contributed by atoms with Gasteiger partial charge in [-0.15, -0.1) is 0 Å². The molecular formula is C11H23N3O2. The van der Waals surface area contributed by atoms with Crippen LogP contribution in [0.2, 0.25) is 0 Å². The maximum atomic E-state index is 11.5. The Hall–Kier alpha value is -1.10. The van der Waals surface area contributed by atoms with Crippen LogP contribution in [0.4, 0.5) is 0 Å². The molecular weight excluding hydrogens is 206 g/mol. The van der Waals surface area contributed by atoms with Crippen LogP contribution >= 0.6 is 0 Å². The standard InChI is InChI=1S/C11H23N3O2/c1-4-5-13-11(16)8-14(6-9(2)3)7-10(12)15/h9H,4-8H2,1-3H3,(H2,12,15)(H,13,16). The first-order valence-electron chi connectivity index (χ1n) is 5.73. The van der Waals surface area contributed by atoms with Crippen LogP contribution in [0.5, 0.6) is 0 Å². The summed E-state index contributed by atoms with van der Waals surface area (Å²) in [5.41, 5.74) is 5.13. The highest BCUT2D eigenvalue weighted by Crippen LogP contribution is 1.97. The van der Waals surface area contributed by atoms with Crippen LogP contribution in [0.3, 0.4) is 0 Å². The molecule has 0 aliphatic carbocycles. The summed E-state index contributed by atoms with van der Waals surface area (Å²) in [4.78, 5) is 24.1. The van der Waals surface area contributed by atoms with E-state index in [1.807, 2.05) is 20.8 Å². The third kappa shape index (κ3) is 8.23. The first-order chi connectivity index (χ1) is 7.45. The Morgan fingerprint density at radius 1 is 1.31 bits per heavy atom. The predicted octanol–water partition coefficient (Wildman–Crippen LogP) is -0.0441. The largest absolute Gasteiger partial charge is 0.369 e. The zero-order valence-electron chi connectivity index (χ0n) is 10.5. The molecule has 0 heterocycles. The summed E-state index contributed by atoms with van der Waals surface area (Å²) in [5.74, 6) is -0.0500. The average molecular weight is 229 g/mol. The van der Waals surface area contributed by atoms with Crippen molar-refractivity contribution >= 4 is 11.8 Å². The van der Waals surface area contributed by atoms with Gasteiger partial charge in [0, 0.05) is 13.1 Å². The van der Waals surface area contributed by atoms with Gasteiger partial charge in [0.2, 0.25) is 11.8 Å². The molecule has 0 fully saturated rings. The fraction of sp³-hybridized carbons (Fsp3) is 0.818. The van der Waals surface area contributed by atoms with Crippen molar-refractivity contribution in [2.75, 3.05) is 26.2 Å². The van der Waals surface area contributed by atoms with E-state index >= 15 is 0 Å². The van der Waals surface area contributed by atoms with Crippen LogP contribution in [-0.4, -0.2) is 42.9 Å². The first kappa shape index (κ1) is 14.9. The Balaban J connectivity index is 4.08. The Morgan fingerprint density at radius 3 is 2.38 bits per heavy atom. The van der Waals surface area contributed by atoms with Gasteiger partial charge in [-0.25, -0.2) is 0 Å². The van der Waals surface area contributed by atoms with Gasteiger partial charge >= 0.3 is 0 Å². The third-order valence-corrected chi connectivity index (χ3v) is 1.94. The Bertz CT molecular complexity index is 229. The molecule has 0 atom stereocenters. The van der Waals surface area contributed by atoms with Crippen molar-refractivity contribution in [3.63, 3.8) is 0 Å². The van der Waals surface area contributed by atoms with E-state index in [9.17, 15) is 9.59 Å². The highest BCUT2D eigenvalue weighted by molar-refractivity contribution is 5.80. The van der Waals surface area contributed by atoms with E-state index in [1.165, 1.54) is 0 Å². The van der Waals surface area contributed by atoms with Gasteiger partial charge in [-0.3, -0.25) is 14.5 Å². The van der Waals surface area contributed by atoms with Crippen LogP contribution in [0, 0.1) is 5.92 Å². The molecule has 3 N–H and O–H groups in total. The van der Waals surface area contributed by atoms with Gasteiger partial charge < -0.3 is 11.1 Å². The van der Waals surface area contributed by atoms with E-state index in [0.717, 1.165) is 6.42 Å². The summed E-state index contributed by atoms with van der Waals surface area (Å²) >= 11 is 0. The number of amides is 2. The maximum absolute atomic E-state index is 11.5. The average Bonchev–Trinajstić information content (AvgIpc) is 2.12. The maximum Gasteiger partial charge on any atom is 0.234 e. The number of nitrogens with one attached hydrogen (secondary N) is 1. The molecule has 5 heteroatoms. The van der Waals surface area contributed by atoms with Crippen molar-refractivity contribution in [2.24, 2.45) is 11.7 Å². The van der Waals surface area contributed by atoms with Gasteiger partial charge in [0.25, 0.3) is 0 Å². The van der Waals surface area contributed by atoms with E-state index < -0.39 is 5.91 Å². The van der Waals surface area contributed by atoms with E-state index in [2.05, 4.69) is 5.32 Å². The predicted molar refractivity (Wildman–Crippen MR) is 63.8 cm³/mol. The molecule has 0 saturated carbocycles. The lowest BCUT2D eigenvalue weighted by Gasteiger charge is -2.21. The molecule has 0 unspecified atom stereocenters. The van der Waals surface area contributed by atoms with Crippen molar-refractivity contribution < 1.29 is 9.59 Å². The van der Waals surface area contributed by atoms with E-state index in [0.29, 0.717) is 19.0 Å². The normalized spacial score (nSPS) is 10.8. The number of hydrogen-bond acceptors (Lipinski definition) is 3. The molecule has 0 aliphatic rings. The van der Waals surface area contributed by atoms with E-state index in [1.54, 1.807) is 4.90 Å². The summed E-state index contributed by atoms with van der Waals surface area (Å²) in [5, 5.41) is 2.78. The molecule has 0 aromatic heterocycles. The second kappa shape index (κ2) is 8.10. The second-order valence-electron chi connectivity index (χ2n) is 4.38. The quantitative estimate of drug-likeness (QED) is 0.613. The van der Waals surface area contributed by atoms with Crippen LogP contribution in [0.15, 0.2) is 0 Å². The molecule has 0 spiro atoms. The van der Waals surface area contributed by atoms with E-state index in [4.69, 9.17) is 5.73 Å². The topological polar surface area (TPSA) is 75.4 Å². The first-order valence-corrected chi connectivity index (χ1v) is 5.73. The number of nitrogens with zero attached hydrogens (tertiary/aromatic N) is 1. The molecule has 0 aromatic rings. The zero-order chi connectivity index (χ0) is 12.6.